The van der Waals surface area contributed by atoms with Crippen LogP contribution in [0.5, 0.6) is 11.5 Å². The molecule has 0 saturated carbocycles. The molecule has 0 saturated heterocycles. The van der Waals surface area contributed by atoms with E-state index in [1.807, 2.05) is 71.4 Å². The highest BCUT2D eigenvalue weighted by Crippen LogP contribution is 2.25. The molecular formula is C22H23N5O2. The number of hydrogen-bond acceptors (Lipinski definition) is 6. The van der Waals surface area contributed by atoms with Crippen LogP contribution in [0, 0.1) is 0 Å². The molecule has 0 fully saturated rings. The van der Waals surface area contributed by atoms with Crippen LogP contribution in [-0.2, 0) is 6.54 Å². The summed E-state index contributed by atoms with van der Waals surface area (Å²) in [4.78, 5) is 4.44. The highest BCUT2D eigenvalue weighted by Gasteiger charge is 2.08. The smallest absolute Gasteiger partial charge is 0.161 e. The van der Waals surface area contributed by atoms with E-state index in [4.69, 9.17) is 15.2 Å². The first-order valence-corrected chi connectivity index (χ1v) is 9.42. The zero-order chi connectivity index (χ0) is 20.1. The standard InChI is InChI=1S/C22H23N5O2/c1-28-19-4-2-3-5-20(19)29-13-12-24-21-10-11-22-25-15-18(27(22)26-21)17-8-6-16(14-23)7-9-17/h2-11,15H,12-14,23H2,1H3,(H,24,26). The largest absolute Gasteiger partial charge is 0.493 e. The Morgan fingerprint density at radius 3 is 2.55 bits per heavy atom. The Labute approximate surface area is 169 Å². The van der Waals surface area contributed by atoms with Crippen LogP contribution >= 0.6 is 0 Å². The van der Waals surface area contributed by atoms with Crippen molar-refractivity contribution in [2.75, 3.05) is 25.6 Å². The molecule has 0 aliphatic heterocycles. The highest BCUT2D eigenvalue weighted by atomic mass is 16.5. The number of aromatic nitrogens is 3. The lowest BCUT2D eigenvalue weighted by atomic mass is 10.1. The maximum absolute atomic E-state index is 5.79. The van der Waals surface area contributed by atoms with Crippen molar-refractivity contribution < 1.29 is 9.47 Å². The Hall–Kier alpha value is -3.58. The third-order valence-corrected chi connectivity index (χ3v) is 4.58. The first-order chi connectivity index (χ1) is 14.3. The van der Waals surface area contributed by atoms with E-state index in [1.165, 1.54) is 0 Å². The van der Waals surface area contributed by atoms with E-state index in [-0.39, 0.29) is 0 Å². The monoisotopic (exact) mass is 389 g/mol. The molecule has 0 unspecified atom stereocenters. The molecule has 0 radical (unpaired) electrons. The number of nitrogens with zero attached hydrogens (tertiary/aromatic N) is 3. The summed E-state index contributed by atoms with van der Waals surface area (Å²) in [5, 5.41) is 7.96. The molecular weight excluding hydrogens is 366 g/mol. The average molecular weight is 389 g/mol. The van der Waals surface area contributed by atoms with E-state index < -0.39 is 0 Å². The molecule has 0 amide bonds. The van der Waals surface area contributed by atoms with Crippen molar-refractivity contribution in [1.82, 2.24) is 14.6 Å². The lowest BCUT2D eigenvalue weighted by Crippen LogP contribution is -2.13. The second-order valence-corrected chi connectivity index (χ2v) is 6.46. The summed E-state index contributed by atoms with van der Waals surface area (Å²) in [5.74, 6) is 2.19. The fourth-order valence-corrected chi connectivity index (χ4v) is 3.05. The summed E-state index contributed by atoms with van der Waals surface area (Å²) in [5.41, 5.74) is 9.53. The molecule has 0 spiro atoms. The van der Waals surface area contributed by atoms with Gasteiger partial charge in [-0.25, -0.2) is 9.50 Å². The molecule has 7 nitrogen and oxygen atoms in total. The molecule has 7 heteroatoms. The van der Waals surface area contributed by atoms with Crippen LogP contribution in [0.4, 0.5) is 5.82 Å². The van der Waals surface area contributed by atoms with Gasteiger partial charge in [0.2, 0.25) is 0 Å². The van der Waals surface area contributed by atoms with Crippen molar-refractivity contribution in [3.8, 4) is 22.8 Å². The van der Waals surface area contributed by atoms with Gasteiger partial charge >= 0.3 is 0 Å². The number of ether oxygens (including phenoxy) is 2. The molecule has 29 heavy (non-hydrogen) atoms. The minimum atomic E-state index is 0.484. The molecule has 3 N–H and O–H groups in total. The maximum Gasteiger partial charge on any atom is 0.161 e. The quantitative estimate of drug-likeness (QED) is 0.450. The minimum absolute atomic E-state index is 0.484. The Morgan fingerprint density at radius 1 is 1.00 bits per heavy atom. The molecule has 2 heterocycles. The summed E-state index contributed by atoms with van der Waals surface area (Å²) in [6.45, 7) is 1.61. The van der Waals surface area contributed by atoms with Crippen molar-refractivity contribution in [1.29, 1.82) is 0 Å². The zero-order valence-corrected chi connectivity index (χ0v) is 16.2. The van der Waals surface area contributed by atoms with Crippen LogP contribution in [-0.4, -0.2) is 34.9 Å². The lowest BCUT2D eigenvalue weighted by molar-refractivity contribution is 0.305. The Morgan fingerprint density at radius 2 is 1.79 bits per heavy atom. The number of para-hydroxylation sites is 2. The predicted molar refractivity (Wildman–Crippen MR) is 113 cm³/mol. The van der Waals surface area contributed by atoms with Gasteiger partial charge in [0.25, 0.3) is 0 Å². The van der Waals surface area contributed by atoms with E-state index in [0.717, 1.165) is 39.8 Å². The van der Waals surface area contributed by atoms with Crippen LogP contribution in [0.15, 0.2) is 66.9 Å². The van der Waals surface area contributed by atoms with Gasteiger partial charge in [-0.3, -0.25) is 0 Å². The minimum Gasteiger partial charge on any atom is -0.493 e. The van der Waals surface area contributed by atoms with E-state index in [1.54, 1.807) is 7.11 Å². The summed E-state index contributed by atoms with van der Waals surface area (Å²) in [7, 11) is 1.63. The summed E-state index contributed by atoms with van der Waals surface area (Å²) < 4.78 is 12.9. The first kappa shape index (κ1) is 18.8. The molecule has 0 aliphatic carbocycles. The molecule has 2 aromatic carbocycles. The number of benzene rings is 2. The summed E-state index contributed by atoms with van der Waals surface area (Å²) >= 11 is 0. The van der Waals surface area contributed by atoms with Gasteiger partial charge in [0.1, 0.15) is 12.4 Å². The van der Waals surface area contributed by atoms with Crippen molar-refractivity contribution in [2.24, 2.45) is 5.73 Å². The summed E-state index contributed by atoms with van der Waals surface area (Å²) in [6.07, 6.45) is 1.83. The van der Waals surface area contributed by atoms with Gasteiger partial charge in [-0.1, -0.05) is 36.4 Å². The normalized spacial score (nSPS) is 10.8. The van der Waals surface area contributed by atoms with E-state index in [9.17, 15) is 0 Å². The van der Waals surface area contributed by atoms with Crippen LogP contribution < -0.4 is 20.5 Å². The van der Waals surface area contributed by atoms with Gasteiger partial charge < -0.3 is 20.5 Å². The first-order valence-electron chi connectivity index (χ1n) is 9.42. The number of methoxy groups -OCH3 is 1. The molecule has 0 aliphatic rings. The van der Waals surface area contributed by atoms with Gasteiger partial charge in [0, 0.05) is 12.1 Å². The average Bonchev–Trinajstić information content (AvgIpc) is 3.20. The number of rotatable bonds is 8. The second kappa shape index (κ2) is 8.62. The fraction of sp³-hybridized carbons (Fsp3) is 0.182. The van der Waals surface area contributed by atoms with Crippen LogP contribution in [0.2, 0.25) is 0 Å². The van der Waals surface area contributed by atoms with Gasteiger partial charge in [0.15, 0.2) is 17.1 Å². The Balaban J connectivity index is 1.44. The van der Waals surface area contributed by atoms with E-state index in [2.05, 4.69) is 15.4 Å². The number of imidazole rings is 1. The van der Waals surface area contributed by atoms with Crippen molar-refractivity contribution in [3.05, 3.63) is 72.4 Å². The van der Waals surface area contributed by atoms with Gasteiger partial charge in [-0.05, 0) is 29.8 Å². The SMILES string of the molecule is COc1ccccc1OCCNc1ccc2ncc(-c3ccc(CN)cc3)n2n1. The van der Waals surface area contributed by atoms with Gasteiger partial charge in [-0.15, -0.1) is 5.10 Å². The van der Waals surface area contributed by atoms with Crippen molar-refractivity contribution >= 4 is 11.5 Å². The highest BCUT2D eigenvalue weighted by molar-refractivity contribution is 5.64. The number of anilines is 1. The van der Waals surface area contributed by atoms with Gasteiger partial charge in [-0.2, -0.15) is 0 Å². The van der Waals surface area contributed by atoms with Crippen LogP contribution in [0.1, 0.15) is 5.56 Å². The third-order valence-electron chi connectivity index (χ3n) is 4.58. The lowest BCUT2D eigenvalue weighted by Gasteiger charge is -2.11. The van der Waals surface area contributed by atoms with Crippen molar-refractivity contribution in [3.63, 3.8) is 0 Å². The zero-order valence-electron chi connectivity index (χ0n) is 16.2. The molecule has 0 atom stereocenters. The van der Waals surface area contributed by atoms with E-state index in [0.29, 0.717) is 19.7 Å². The number of nitrogens with one attached hydrogen (secondary N) is 1. The predicted octanol–water partition coefficient (Wildman–Crippen LogP) is 3.35. The van der Waals surface area contributed by atoms with Crippen LogP contribution in [0.3, 0.4) is 0 Å². The fourth-order valence-electron chi connectivity index (χ4n) is 3.05. The van der Waals surface area contributed by atoms with Crippen molar-refractivity contribution in [2.45, 2.75) is 6.54 Å². The molecule has 4 aromatic rings. The number of hydrogen-bond donors (Lipinski definition) is 2. The molecule has 2 aromatic heterocycles. The van der Waals surface area contributed by atoms with Crippen LogP contribution in [0.25, 0.3) is 16.9 Å². The Bertz CT molecular complexity index is 1090. The molecule has 148 valence electrons. The van der Waals surface area contributed by atoms with Gasteiger partial charge in [0.05, 0.1) is 25.5 Å². The second-order valence-electron chi connectivity index (χ2n) is 6.46. The molecule has 4 rings (SSSR count). The summed E-state index contributed by atoms with van der Waals surface area (Å²) in [6, 6.07) is 19.6. The third kappa shape index (κ3) is 4.14. The molecule has 0 bridgehead atoms. The number of fused-ring (bicyclic) bond motifs is 1. The topological polar surface area (TPSA) is 86.7 Å². The maximum atomic E-state index is 5.79. The van der Waals surface area contributed by atoms with E-state index >= 15 is 0 Å². The Kier molecular flexibility index (Phi) is 5.58. The number of nitrogens with two attached hydrogens (primary N) is 1.